The number of aryl methyl sites for hydroxylation is 1. The highest BCUT2D eigenvalue weighted by atomic mass is 35.5. The molecule has 0 saturated carbocycles. The first-order chi connectivity index (χ1) is 9.58. The maximum atomic E-state index is 10.2. The van der Waals surface area contributed by atoms with Crippen LogP contribution in [0.15, 0.2) is 42.5 Å². The van der Waals surface area contributed by atoms with E-state index in [4.69, 9.17) is 16.9 Å². The smallest absolute Gasteiger partial charge is 0.0991 e. The Labute approximate surface area is 123 Å². The van der Waals surface area contributed by atoms with Crippen molar-refractivity contribution in [1.29, 1.82) is 5.26 Å². The molecule has 0 aliphatic carbocycles. The van der Waals surface area contributed by atoms with Crippen molar-refractivity contribution < 1.29 is 5.11 Å². The molecule has 102 valence electrons. The van der Waals surface area contributed by atoms with Gasteiger partial charge in [-0.3, -0.25) is 0 Å². The number of aliphatic hydroxyl groups excluding tert-OH is 1. The van der Waals surface area contributed by atoms with Gasteiger partial charge >= 0.3 is 0 Å². The van der Waals surface area contributed by atoms with Gasteiger partial charge in [0.25, 0.3) is 0 Å². The van der Waals surface area contributed by atoms with E-state index in [9.17, 15) is 5.11 Å². The van der Waals surface area contributed by atoms with Crippen LogP contribution in [-0.2, 0) is 0 Å². The molecule has 0 heterocycles. The molecule has 0 saturated heterocycles. The number of nitrogens with zero attached hydrogens (tertiary/aromatic N) is 1. The van der Waals surface area contributed by atoms with Gasteiger partial charge < -0.3 is 10.4 Å². The average Bonchev–Trinajstić information content (AvgIpc) is 2.45. The molecule has 0 fully saturated rings. The molecule has 2 aromatic carbocycles. The molecule has 0 aliphatic heterocycles. The van der Waals surface area contributed by atoms with Crippen molar-refractivity contribution in [2.24, 2.45) is 0 Å². The number of benzene rings is 2. The molecule has 2 aromatic rings. The molecule has 2 N–H and O–H groups in total. The van der Waals surface area contributed by atoms with Gasteiger partial charge in [-0.25, -0.2) is 0 Å². The number of nitriles is 1. The minimum Gasteiger partial charge on any atom is -0.387 e. The highest BCUT2D eigenvalue weighted by Gasteiger charge is 2.09. The third-order valence-electron chi connectivity index (χ3n) is 2.96. The van der Waals surface area contributed by atoms with Crippen LogP contribution in [0, 0.1) is 18.3 Å². The zero-order chi connectivity index (χ0) is 14.5. The van der Waals surface area contributed by atoms with Crippen molar-refractivity contribution in [3.8, 4) is 6.07 Å². The summed E-state index contributed by atoms with van der Waals surface area (Å²) in [4.78, 5) is 0. The third-order valence-corrected chi connectivity index (χ3v) is 3.21. The van der Waals surface area contributed by atoms with Gasteiger partial charge in [0.1, 0.15) is 0 Å². The Hall–Kier alpha value is -2.02. The van der Waals surface area contributed by atoms with Crippen LogP contribution >= 0.6 is 11.6 Å². The van der Waals surface area contributed by atoms with Crippen LogP contribution in [0.4, 0.5) is 5.69 Å². The number of rotatable bonds is 4. The van der Waals surface area contributed by atoms with E-state index in [-0.39, 0.29) is 0 Å². The molecule has 0 amide bonds. The maximum absolute atomic E-state index is 10.2. The summed E-state index contributed by atoms with van der Waals surface area (Å²) in [6, 6.07) is 14.8. The molecule has 0 bridgehead atoms. The van der Waals surface area contributed by atoms with Crippen LogP contribution in [-0.4, -0.2) is 11.7 Å². The first-order valence-corrected chi connectivity index (χ1v) is 6.65. The fourth-order valence-corrected chi connectivity index (χ4v) is 2.10. The standard InChI is InChI=1S/C16H15ClN2O/c1-11-6-12(9-18)8-13(7-11)16(20)10-19-15-4-2-14(17)3-5-15/h2-8,16,19-20H,10H2,1H3. The Morgan fingerprint density at radius 2 is 1.95 bits per heavy atom. The summed E-state index contributed by atoms with van der Waals surface area (Å²) in [5.41, 5.74) is 3.15. The van der Waals surface area contributed by atoms with Gasteiger partial charge in [-0.1, -0.05) is 17.7 Å². The van der Waals surface area contributed by atoms with Crippen molar-refractivity contribution in [3.05, 3.63) is 64.2 Å². The zero-order valence-corrected chi connectivity index (χ0v) is 11.9. The molecule has 4 heteroatoms. The van der Waals surface area contributed by atoms with Gasteiger partial charge in [0.15, 0.2) is 0 Å². The number of hydrogen-bond donors (Lipinski definition) is 2. The van der Waals surface area contributed by atoms with Gasteiger partial charge in [-0.2, -0.15) is 5.26 Å². The molecular formula is C16H15ClN2O. The van der Waals surface area contributed by atoms with Gasteiger partial charge in [-0.05, 0) is 54.4 Å². The Kier molecular flexibility index (Phi) is 4.62. The van der Waals surface area contributed by atoms with E-state index in [1.807, 2.05) is 25.1 Å². The number of hydrogen-bond acceptors (Lipinski definition) is 3. The second-order valence-corrected chi connectivity index (χ2v) is 5.08. The highest BCUT2D eigenvalue weighted by molar-refractivity contribution is 6.30. The van der Waals surface area contributed by atoms with Crippen molar-refractivity contribution in [1.82, 2.24) is 0 Å². The number of aliphatic hydroxyl groups is 1. The van der Waals surface area contributed by atoms with Crippen molar-refractivity contribution >= 4 is 17.3 Å². The molecule has 20 heavy (non-hydrogen) atoms. The second-order valence-electron chi connectivity index (χ2n) is 4.65. The van der Waals surface area contributed by atoms with Crippen molar-refractivity contribution in [2.45, 2.75) is 13.0 Å². The predicted molar refractivity (Wildman–Crippen MR) is 80.8 cm³/mol. The van der Waals surface area contributed by atoms with Crippen LogP contribution in [0.3, 0.4) is 0 Å². The monoisotopic (exact) mass is 286 g/mol. The Morgan fingerprint density at radius 1 is 1.25 bits per heavy atom. The van der Waals surface area contributed by atoms with E-state index >= 15 is 0 Å². The summed E-state index contributed by atoms with van der Waals surface area (Å²) in [5, 5.41) is 22.9. The lowest BCUT2D eigenvalue weighted by Gasteiger charge is -2.14. The Bertz CT molecular complexity index is 632. The van der Waals surface area contributed by atoms with Gasteiger partial charge in [-0.15, -0.1) is 0 Å². The molecule has 1 atom stereocenters. The lowest BCUT2D eigenvalue weighted by atomic mass is 10.0. The molecule has 0 radical (unpaired) electrons. The molecule has 2 rings (SSSR count). The SMILES string of the molecule is Cc1cc(C#N)cc(C(O)CNc2ccc(Cl)cc2)c1. The quantitative estimate of drug-likeness (QED) is 0.902. The van der Waals surface area contributed by atoms with Crippen molar-refractivity contribution in [2.75, 3.05) is 11.9 Å². The maximum Gasteiger partial charge on any atom is 0.0991 e. The minimum atomic E-state index is -0.669. The fraction of sp³-hybridized carbons (Fsp3) is 0.188. The summed E-state index contributed by atoms with van der Waals surface area (Å²) < 4.78 is 0. The van der Waals surface area contributed by atoms with E-state index in [1.165, 1.54) is 0 Å². The number of nitrogens with one attached hydrogen (secondary N) is 1. The first kappa shape index (κ1) is 14.4. The van der Waals surface area contributed by atoms with Crippen LogP contribution in [0.5, 0.6) is 0 Å². The van der Waals surface area contributed by atoms with E-state index in [1.54, 1.807) is 24.3 Å². The van der Waals surface area contributed by atoms with Gasteiger partial charge in [0.2, 0.25) is 0 Å². The number of halogens is 1. The molecular weight excluding hydrogens is 272 g/mol. The van der Waals surface area contributed by atoms with Gasteiger partial charge in [0.05, 0.1) is 17.7 Å². The van der Waals surface area contributed by atoms with E-state index < -0.39 is 6.10 Å². The summed E-state index contributed by atoms with van der Waals surface area (Å²) in [6.07, 6.45) is -0.669. The van der Waals surface area contributed by atoms with Crippen LogP contribution < -0.4 is 5.32 Å². The van der Waals surface area contributed by atoms with E-state index in [0.29, 0.717) is 17.1 Å². The highest BCUT2D eigenvalue weighted by Crippen LogP contribution is 2.19. The average molecular weight is 287 g/mol. The fourth-order valence-electron chi connectivity index (χ4n) is 1.97. The molecule has 3 nitrogen and oxygen atoms in total. The third kappa shape index (κ3) is 3.74. The second kappa shape index (κ2) is 6.42. The molecule has 0 aromatic heterocycles. The Morgan fingerprint density at radius 3 is 2.60 bits per heavy atom. The summed E-state index contributed by atoms with van der Waals surface area (Å²) in [5.74, 6) is 0. The van der Waals surface area contributed by atoms with E-state index in [2.05, 4.69) is 11.4 Å². The summed E-state index contributed by atoms with van der Waals surface area (Å²) in [6.45, 7) is 2.28. The van der Waals surface area contributed by atoms with Crippen molar-refractivity contribution in [3.63, 3.8) is 0 Å². The lowest BCUT2D eigenvalue weighted by molar-refractivity contribution is 0.191. The summed E-state index contributed by atoms with van der Waals surface area (Å²) in [7, 11) is 0. The summed E-state index contributed by atoms with van der Waals surface area (Å²) >= 11 is 5.81. The normalized spacial score (nSPS) is 11.7. The number of anilines is 1. The van der Waals surface area contributed by atoms with E-state index in [0.717, 1.165) is 16.8 Å². The van der Waals surface area contributed by atoms with Gasteiger partial charge in [0, 0.05) is 17.3 Å². The topological polar surface area (TPSA) is 56.0 Å². The largest absolute Gasteiger partial charge is 0.387 e. The van der Waals surface area contributed by atoms with Crippen LogP contribution in [0.1, 0.15) is 22.8 Å². The lowest BCUT2D eigenvalue weighted by Crippen LogP contribution is -2.12. The first-order valence-electron chi connectivity index (χ1n) is 6.27. The molecule has 0 spiro atoms. The Balaban J connectivity index is 2.05. The van der Waals surface area contributed by atoms with Crippen LogP contribution in [0.25, 0.3) is 0 Å². The zero-order valence-electron chi connectivity index (χ0n) is 11.1. The predicted octanol–water partition coefficient (Wildman–Crippen LogP) is 3.67. The molecule has 1 unspecified atom stereocenters. The molecule has 0 aliphatic rings. The van der Waals surface area contributed by atoms with Crippen LogP contribution in [0.2, 0.25) is 5.02 Å². The minimum absolute atomic E-state index is 0.371.